The summed E-state index contributed by atoms with van der Waals surface area (Å²) < 4.78 is 0. The van der Waals surface area contributed by atoms with Crippen LogP contribution in [0.2, 0.25) is 0 Å². The molecule has 108 valence electrons. The van der Waals surface area contributed by atoms with Gasteiger partial charge in [0.25, 0.3) is 0 Å². The summed E-state index contributed by atoms with van der Waals surface area (Å²) in [4.78, 5) is 20.1. The third kappa shape index (κ3) is 3.13. The Morgan fingerprint density at radius 2 is 1.64 bits per heavy atom. The van der Waals surface area contributed by atoms with E-state index in [0.717, 1.165) is 17.7 Å². The molecule has 0 fully saturated rings. The van der Waals surface area contributed by atoms with Gasteiger partial charge in [0, 0.05) is 12.1 Å². The molecule has 0 aliphatic rings. The quantitative estimate of drug-likeness (QED) is 0.370. The summed E-state index contributed by atoms with van der Waals surface area (Å²) >= 11 is 0. The van der Waals surface area contributed by atoms with Crippen LogP contribution in [0.5, 0.6) is 0 Å². The fourth-order valence-corrected chi connectivity index (χ4v) is 1.89. The molecule has 0 N–H and O–H groups in total. The highest BCUT2D eigenvalue weighted by atomic mass is 16.6. The van der Waals surface area contributed by atoms with Gasteiger partial charge in [-0.15, -0.1) is 0 Å². The van der Waals surface area contributed by atoms with Crippen molar-refractivity contribution >= 4 is 23.0 Å². The molecule has 0 aliphatic heterocycles. The topological polar surface area (TPSA) is 110 Å². The lowest BCUT2D eigenvalue weighted by Crippen LogP contribution is -1.97. The Labute approximate surface area is 125 Å². The molecule has 22 heavy (non-hydrogen) atoms. The first-order chi connectivity index (χ1) is 10.5. The van der Waals surface area contributed by atoms with E-state index in [0.29, 0.717) is 0 Å². The van der Waals surface area contributed by atoms with E-state index >= 15 is 0 Å². The first kappa shape index (κ1) is 14.9. The summed E-state index contributed by atoms with van der Waals surface area (Å²) in [6.45, 7) is 0. The van der Waals surface area contributed by atoms with Crippen molar-refractivity contribution < 1.29 is 9.85 Å². The van der Waals surface area contributed by atoms with Crippen LogP contribution >= 0.6 is 0 Å². The second-order valence-corrected chi connectivity index (χ2v) is 4.30. The molecule has 0 heterocycles. The van der Waals surface area contributed by atoms with Gasteiger partial charge in [0.1, 0.15) is 0 Å². The molecule has 7 nitrogen and oxygen atoms in total. The lowest BCUT2D eigenvalue weighted by Gasteiger charge is -2.01. The molecule has 0 saturated heterocycles. The predicted molar refractivity (Wildman–Crippen MR) is 79.7 cm³/mol. The van der Waals surface area contributed by atoms with E-state index in [1.165, 1.54) is 6.07 Å². The molecule has 0 aliphatic carbocycles. The minimum atomic E-state index is -0.834. The Bertz CT molecular complexity index is 807. The summed E-state index contributed by atoms with van der Waals surface area (Å²) in [6.07, 6.45) is 1.56. The smallest absolute Gasteiger partial charge is 0.258 e. The number of hydrogen-bond acceptors (Lipinski definition) is 5. The van der Waals surface area contributed by atoms with Gasteiger partial charge in [0.2, 0.25) is 0 Å². The molecule has 2 aromatic rings. The molecule has 2 aromatic carbocycles. The highest BCUT2D eigenvalue weighted by molar-refractivity contribution is 5.90. The van der Waals surface area contributed by atoms with E-state index < -0.39 is 21.2 Å². The van der Waals surface area contributed by atoms with E-state index in [2.05, 4.69) is 0 Å². The Morgan fingerprint density at radius 1 is 1.00 bits per heavy atom. The maximum atomic E-state index is 10.9. The minimum Gasteiger partial charge on any atom is -0.258 e. The molecule has 7 heteroatoms. The van der Waals surface area contributed by atoms with Crippen molar-refractivity contribution in [3.05, 3.63) is 79.9 Å². The van der Waals surface area contributed by atoms with Crippen molar-refractivity contribution in [3.63, 3.8) is 0 Å². The third-order valence-corrected chi connectivity index (χ3v) is 2.91. The number of nitrogens with zero attached hydrogens (tertiary/aromatic N) is 3. The van der Waals surface area contributed by atoms with Crippen molar-refractivity contribution in [1.29, 1.82) is 5.26 Å². The largest absolute Gasteiger partial charge is 0.346 e. The van der Waals surface area contributed by atoms with E-state index in [1.54, 1.807) is 30.3 Å². The Hall–Kier alpha value is -3.53. The molecular weight excluding hydrogens is 286 g/mol. The molecule has 0 amide bonds. The van der Waals surface area contributed by atoms with Gasteiger partial charge in [0.15, 0.2) is 0 Å². The molecular formula is C15H9N3O4. The first-order valence-corrected chi connectivity index (χ1v) is 6.13. The predicted octanol–water partition coefficient (Wildman–Crippen LogP) is 3.57. The van der Waals surface area contributed by atoms with Gasteiger partial charge in [-0.25, -0.2) is 0 Å². The van der Waals surface area contributed by atoms with Gasteiger partial charge in [-0.2, -0.15) is 5.26 Å². The zero-order valence-electron chi connectivity index (χ0n) is 11.2. The molecule has 0 aromatic heterocycles. The van der Waals surface area contributed by atoms with Crippen molar-refractivity contribution in [1.82, 2.24) is 0 Å². The van der Waals surface area contributed by atoms with E-state index in [9.17, 15) is 25.5 Å². The van der Waals surface area contributed by atoms with Crippen LogP contribution < -0.4 is 0 Å². The fourth-order valence-electron chi connectivity index (χ4n) is 1.89. The zero-order valence-corrected chi connectivity index (χ0v) is 11.2. The summed E-state index contributed by atoms with van der Waals surface area (Å²) in [6, 6.07) is 14.3. The van der Waals surface area contributed by atoms with Gasteiger partial charge in [-0.1, -0.05) is 30.3 Å². The van der Waals surface area contributed by atoms with Crippen LogP contribution in [0.3, 0.4) is 0 Å². The van der Waals surface area contributed by atoms with Gasteiger partial charge in [0.05, 0.1) is 21.5 Å². The first-order valence-electron chi connectivity index (χ1n) is 6.13. The van der Waals surface area contributed by atoms with E-state index in [-0.39, 0.29) is 11.1 Å². The number of nitro benzene ring substituents is 2. The summed E-state index contributed by atoms with van der Waals surface area (Å²) in [7, 11) is 0. The molecule has 0 bridgehead atoms. The highest BCUT2D eigenvalue weighted by Gasteiger charge is 2.24. The summed E-state index contributed by atoms with van der Waals surface area (Å²) in [5.41, 5.74) is -0.0598. The summed E-state index contributed by atoms with van der Waals surface area (Å²) in [5, 5.41) is 31.0. The standard InChI is InChI=1S/C15H9N3O4/c16-10-13(8-11-4-2-1-3-5-11)12-6-7-14(17(19)20)15(9-12)18(21)22/h1-9H. The van der Waals surface area contributed by atoms with Crippen molar-refractivity contribution in [3.8, 4) is 6.07 Å². The van der Waals surface area contributed by atoms with Crippen molar-refractivity contribution in [2.75, 3.05) is 0 Å². The maximum absolute atomic E-state index is 10.9. The van der Waals surface area contributed by atoms with Crippen LogP contribution in [0.1, 0.15) is 11.1 Å². The normalized spacial score (nSPS) is 10.8. The fraction of sp³-hybridized carbons (Fsp3) is 0. The second-order valence-electron chi connectivity index (χ2n) is 4.30. The van der Waals surface area contributed by atoms with Crippen LogP contribution in [-0.2, 0) is 0 Å². The number of allylic oxidation sites excluding steroid dienone is 1. The Balaban J connectivity index is 2.54. The molecule has 2 rings (SSSR count). The second kappa shape index (κ2) is 6.28. The lowest BCUT2D eigenvalue weighted by atomic mass is 10.0. The Kier molecular flexibility index (Phi) is 4.24. The lowest BCUT2D eigenvalue weighted by molar-refractivity contribution is -0.422. The third-order valence-electron chi connectivity index (χ3n) is 2.91. The number of nitriles is 1. The molecule has 0 radical (unpaired) electrons. The Morgan fingerprint density at radius 3 is 2.18 bits per heavy atom. The molecule has 0 saturated carbocycles. The monoisotopic (exact) mass is 295 g/mol. The molecule has 0 unspecified atom stereocenters. The van der Waals surface area contributed by atoms with Crippen LogP contribution in [0, 0.1) is 31.6 Å². The highest BCUT2D eigenvalue weighted by Crippen LogP contribution is 2.30. The van der Waals surface area contributed by atoms with Crippen LogP contribution in [0.15, 0.2) is 48.5 Å². The van der Waals surface area contributed by atoms with Crippen molar-refractivity contribution in [2.24, 2.45) is 0 Å². The van der Waals surface area contributed by atoms with E-state index in [4.69, 9.17) is 0 Å². The van der Waals surface area contributed by atoms with Crippen LogP contribution in [0.25, 0.3) is 11.6 Å². The molecule has 0 atom stereocenters. The number of benzene rings is 2. The van der Waals surface area contributed by atoms with Gasteiger partial charge < -0.3 is 0 Å². The number of rotatable bonds is 4. The van der Waals surface area contributed by atoms with Crippen LogP contribution in [-0.4, -0.2) is 9.85 Å². The van der Waals surface area contributed by atoms with Gasteiger partial charge in [-0.05, 0) is 23.3 Å². The minimum absolute atomic E-state index is 0.184. The average molecular weight is 295 g/mol. The summed E-state index contributed by atoms with van der Waals surface area (Å²) in [5.74, 6) is 0. The maximum Gasteiger partial charge on any atom is 0.346 e. The van der Waals surface area contributed by atoms with Gasteiger partial charge >= 0.3 is 11.4 Å². The zero-order chi connectivity index (χ0) is 16.1. The number of hydrogen-bond donors (Lipinski definition) is 0. The number of nitro groups is 2. The molecule has 0 spiro atoms. The SMILES string of the molecule is N#CC(=Cc1ccccc1)c1ccc([N+](=O)[O-])c([N+](=O)[O-])c1. The van der Waals surface area contributed by atoms with Crippen molar-refractivity contribution in [2.45, 2.75) is 0 Å². The van der Waals surface area contributed by atoms with Gasteiger partial charge in [-0.3, -0.25) is 20.2 Å². The average Bonchev–Trinajstić information content (AvgIpc) is 2.52. The van der Waals surface area contributed by atoms with Crippen LogP contribution in [0.4, 0.5) is 11.4 Å². The van der Waals surface area contributed by atoms with E-state index in [1.807, 2.05) is 12.1 Å².